The normalized spacial score (nSPS) is 14.9. The van der Waals surface area contributed by atoms with Crippen molar-refractivity contribution in [2.24, 2.45) is 0 Å². The minimum Gasteiger partial charge on any atom is -0.493 e. The quantitative estimate of drug-likeness (QED) is 0.506. The van der Waals surface area contributed by atoms with E-state index in [1.807, 2.05) is 66.1 Å². The molecule has 1 atom stereocenters. The van der Waals surface area contributed by atoms with Gasteiger partial charge in [0.1, 0.15) is 6.61 Å². The first kappa shape index (κ1) is 25.6. The number of ether oxygens (including phenoxy) is 3. The molecule has 0 aromatic heterocycles. The van der Waals surface area contributed by atoms with Crippen molar-refractivity contribution >= 4 is 11.6 Å². The smallest absolute Gasteiger partial charge is 0.224 e. The second-order valence-corrected chi connectivity index (χ2v) is 8.66. The number of hydrogen-bond acceptors (Lipinski definition) is 6. The lowest BCUT2D eigenvalue weighted by molar-refractivity contribution is -0.133. The largest absolute Gasteiger partial charge is 0.493 e. The number of nitrogens with zero attached hydrogens (tertiary/aromatic N) is 2. The first-order valence-electron chi connectivity index (χ1n) is 11.7. The molecule has 1 amide bonds. The first-order valence-corrected chi connectivity index (χ1v) is 11.7. The van der Waals surface area contributed by atoms with Gasteiger partial charge in [-0.1, -0.05) is 43.0 Å². The molecule has 0 radical (unpaired) electrons. The van der Waals surface area contributed by atoms with Crippen molar-refractivity contribution in [3.05, 3.63) is 66.2 Å². The number of anilines is 1. The number of amides is 1. The van der Waals surface area contributed by atoms with Crippen LogP contribution in [-0.2, 0) is 22.7 Å². The lowest BCUT2D eigenvalue weighted by Gasteiger charge is -2.36. The molecule has 7 nitrogen and oxygen atoms in total. The van der Waals surface area contributed by atoms with Gasteiger partial charge in [0.15, 0.2) is 11.5 Å². The van der Waals surface area contributed by atoms with E-state index in [1.54, 1.807) is 13.2 Å². The van der Waals surface area contributed by atoms with Crippen LogP contribution in [0.3, 0.4) is 0 Å². The summed E-state index contributed by atoms with van der Waals surface area (Å²) in [5.41, 5.74) is 2.84. The molecule has 1 heterocycles. The van der Waals surface area contributed by atoms with E-state index in [-0.39, 0.29) is 18.6 Å². The van der Waals surface area contributed by atoms with Crippen LogP contribution in [0.15, 0.2) is 55.1 Å². The number of fused-ring (bicyclic) bond motifs is 1. The van der Waals surface area contributed by atoms with Gasteiger partial charge in [0.2, 0.25) is 5.91 Å². The molecule has 184 valence electrons. The first-order chi connectivity index (χ1) is 16.4. The van der Waals surface area contributed by atoms with E-state index in [9.17, 15) is 9.90 Å². The van der Waals surface area contributed by atoms with Crippen molar-refractivity contribution in [1.29, 1.82) is 0 Å². The van der Waals surface area contributed by atoms with Gasteiger partial charge in [-0.25, -0.2) is 0 Å². The molecular weight excluding hydrogens is 432 g/mol. The highest BCUT2D eigenvalue weighted by Gasteiger charge is 2.29. The zero-order valence-corrected chi connectivity index (χ0v) is 20.4. The second kappa shape index (κ2) is 12.4. The Bertz CT molecular complexity index is 948. The van der Waals surface area contributed by atoms with Crippen molar-refractivity contribution in [1.82, 2.24) is 4.90 Å². The summed E-state index contributed by atoms with van der Waals surface area (Å²) >= 11 is 0. The second-order valence-electron chi connectivity index (χ2n) is 8.66. The van der Waals surface area contributed by atoms with Gasteiger partial charge in [0.05, 0.1) is 33.0 Å². The van der Waals surface area contributed by atoms with Crippen molar-refractivity contribution in [3.8, 4) is 11.5 Å². The predicted octanol–water partition coefficient (Wildman–Crippen LogP) is 3.78. The number of aliphatic hydroxyl groups excluding tert-OH is 1. The Balaban J connectivity index is 1.84. The Morgan fingerprint density at radius 2 is 1.94 bits per heavy atom. The van der Waals surface area contributed by atoms with Crippen LogP contribution >= 0.6 is 0 Å². The fraction of sp³-hybridized carbons (Fsp3) is 0.444. The monoisotopic (exact) mass is 468 g/mol. The molecule has 0 spiro atoms. The summed E-state index contributed by atoms with van der Waals surface area (Å²) in [6.45, 7) is 9.94. The van der Waals surface area contributed by atoms with E-state index in [0.29, 0.717) is 50.8 Å². The lowest BCUT2D eigenvalue weighted by Crippen LogP contribution is -2.43. The summed E-state index contributed by atoms with van der Waals surface area (Å²) in [4.78, 5) is 16.9. The highest BCUT2D eigenvalue weighted by molar-refractivity contribution is 5.79. The van der Waals surface area contributed by atoms with Crippen LogP contribution in [0.4, 0.5) is 5.69 Å². The maximum Gasteiger partial charge on any atom is 0.224 e. The van der Waals surface area contributed by atoms with E-state index in [2.05, 4.69) is 6.58 Å². The molecule has 2 aromatic carbocycles. The van der Waals surface area contributed by atoms with E-state index < -0.39 is 6.10 Å². The van der Waals surface area contributed by atoms with Gasteiger partial charge >= 0.3 is 0 Å². The Morgan fingerprint density at radius 1 is 1.18 bits per heavy atom. The van der Waals surface area contributed by atoms with Crippen molar-refractivity contribution in [3.63, 3.8) is 0 Å². The molecule has 0 saturated carbocycles. The zero-order valence-electron chi connectivity index (χ0n) is 20.4. The summed E-state index contributed by atoms with van der Waals surface area (Å²) in [5.74, 6) is 1.27. The molecule has 3 rings (SSSR count). The van der Waals surface area contributed by atoms with Gasteiger partial charge in [-0.05, 0) is 31.5 Å². The van der Waals surface area contributed by atoms with E-state index >= 15 is 0 Å². The van der Waals surface area contributed by atoms with Crippen LogP contribution in [0.1, 0.15) is 31.4 Å². The highest BCUT2D eigenvalue weighted by Crippen LogP contribution is 2.40. The molecule has 0 aliphatic carbocycles. The number of aliphatic hydroxyl groups is 1. The summed E-state index contributed by atoms with van der Waals surface area (Å²) in [5, 5.41) is 10.8. The maximum absolute atomic E-state index is 13.0. The minimum atomic E-state index is -0.716. The van der Waals surface area contributed by atoms with Crippen LogP contribution in [0.25, 0.3) is 0 Å². The number of hydrogen-bond donors (Lipinski definition) is 1. The van der Waals surface area contributed by atoms with E-state index in [1.165, 1.54) is 0 Å². The molecule has 2 aromatic rings. The molecule has 7 heteroatoms. The fourth-order valence-electron chi connectivity index (χ4n) is 4.11. The molecule has 0 saturated heterocycles. The van der Waals surface area contributed by atoms with Gasteiger partial charge in [-0.2, -0.15) is 0 Å². The van der Waals surface area contributed by atoms with Crippen molar-refractivity contribution in [2.75, 3.05) is 38.3 Å². The van der Waals surface area contributed by atoms with Gasteiger partial charge in [0, 0.05) is 36.8 Å². The number of carbonyl (C=O) groups excluding carboxylic acids is 1. The number of β-amino-alcohol motifs (C(OH)–C–C–N with tert-alkyl or cyclic N) is 1. The summed E-state index contributed by atoms with van der Waals surface area (Å²) in [6, 6.07) is 13.8. The summed E-state index contributed by atoms with van der Waals surface area (Å²) < 4.78 is 17.3. The van der Waals surface area contributed by atoms with Gasteiger partial charge in [-0.15, -0.1) is 0 Å². The minimum absolute atomic E-state index is 0.0438. The third-order valence-corrected chi connectivity index (χ3v) is 5.83. The Morgan fingerprint density at radius 3 is 2.62 bits per heavy atom. The number of benzene rings is 2. The van der Waals surface area contributed by atoms with E-state index in [0.717, 1.165) is 16.8 Å². The molecule has 1 N–H and O–H groups in total. The molecule has 0 unspecified atom stereocenters. The average molecular weight is 469 g/mol. The molecule has 1 aliphatic rings. The molecule has 0 fully saturated rings. The van der Waals surface area contributed by atoms with Crippen LogP contribution in [0.2, 0.25) is 0 Å². The Labute approximate surface area is 202 Å². The summed E-state index contributed by atoms with van der Waals surface area (Å²) in [7, 11) is 1.60. The van der Waals surface area contributed by atoms with Crippen LogP contribution < -0.4 is 14.4 Å². The number of carbonyl (C=O) groups is 1. The Kier molecular flexibility index (Phi) is 9.36. The van der Waals surface area contributed by atoms with E-state index in [4.69, 9.17) is 14.2 Å². The molecular formula is C27H36N2O5. The SMILES string of the molecule is C=CCOc1c(OC)ccc2c1CN(C(C)C)C(=O)CCN2C[C@@H](O)COCc1ccccc1. The fourth-order valence-corrected chi connectivity index (χ4v) is 4.11. The Hall–Kier alpha value is -3.03. The highest BCUT2D eigenvalue weighted by atomic mass is 16.5. The summed E-state index contributed by atoms with van der Waals surface area (Å²) in [6.07, 6.45) is 1.33. The standard InChI is InChI=1S/C27H36N2O5/c1-5-15-34-27-23-17-29(20(2)3)26(31)13-14-28(24(23)11-12-25(27)32-4)16-22(30)19-33-18-21-9-7-6-8-10-21/h5-12,20,22,30H,1,13-19H2,2-4H3/t22-/m1/s1. The van der Waals surface area contributed by atoms with Crippen molar-refractivity contribution < 1.29 is 24.1 Å². The van der Waals surface area contributed by atoms with Crippen LogP contribution in [0.5, 0.6) is 11.5 Å². The molecule has 1 aliphatic heterocycles. The third kappa shape index (κ3) is 6.52. The van der Waals surface area contributed by atoms with Crippen LogP contribution in [0, 0.1) is 0 Å². The van der Waals surface area contributed by atoms with Gasteiger partial charge in [-0.3, -0.25) is 4.79 Å². The number of methoxy groups -OCH3 is 1. The molecule has 0 bridgehead atoms. The third-order valence-electron chi connectivity index (χ3n) is 5.83. The molecule has 34 heavy (non-hydrogen) atoms. The maximum atomic E-state index is 13.0. The van der Waals surface area contributed by atoms with Gasteiger partial charge in [0.25, 0.3) is 0 Å². The average Bonchev–Trinajstić information content (AvgIpc) is 2.83. The topological polar surface area (TPSA) is 71.5 Å². The van der Waals surface area contributed by atoms with Crippen molar-refractivity contribution in [2.45, 2.75) is 45.6 Å². The van der Waals surface area contributed by atoms with Gasteiger partial charge < -0.3 is 29.1 Å². The van der Waals surface area contributed by atoms with Crippen LogP contribution in [-0.4, -0.2) is 61.5 Å². The lowest BCUT2D eigenvalue weighted by atomic mass is 10.0. The zero-order chi connectivity index (χ0) is 24.5. The number of rotatable bonds is 11. The predicted molar refractivity (Wildman–Crippen MR) is 133 cm³/mol.